The van der Waals surface area contributed by atoms with E-state index in [1.807, 2.05) is 0 Å². The van der Waals surface area contributed by atoms with E-state index in [2.05, 4.69) is 20.7 Å². The van der Waals surface area contributed by atoms with Crippen molar-refractivity contribution in [3.05, 3.63) is 29.8 Å². The van der Waals surface area contributed by atoms with Crippen molar-refractivity contribution in [2.45, 2.75) is 25.0 Å². The molecule has 18 heavy (non-hydrogen) atoms. The van der Waals surface area contributed by atoms with Crippen molar-refractivity contribution in [1.29, 1.82) is 0 Å². The summed E-state index contributed by atoms with van der Waals surface area (Å²) in [6, 6.07) is 4.74. The van der Waals surface area contributed by atoms with Gasteiger partial charge in [-0.15, -0.1) is 13.2 Å². The molecule has 0 amide bonds. The molecular weight excluding hydrogens is 317 g/mol. The van der Waals surface area contributed by atoms with E-state index in [1.165, 1.54) is 12.1 Å². The molecule has 3 nitrogen and oxygen atoms in total. The summed E-state index contributed by atoms with van der Waals surface area (Å²) >= 11 is 3.12. The van der Waals surface area contributed by atoms with Crippen LogP contribution in [0, 0.1) is 0 Å². The van der Waals surface area contributed by atoms with Crippen LogP contribution in [0.5, 0.6) is 5.75 Å². The van der Waals surface area contributed by atoms with Crippen LogP contribution in [0.25, 0.3) is 0 Å². The zero-order valence-electron chi connectivity index (χ0n) is 9.19. The topological polar surface area (TPSA) is 49.7 Å². The van der Waals surface area contributed by atoms with Crippen LogP contribution >= 0.6 is 15.9 Å². The van der Waals surface area contributed by atoms with Crippen LogP contribution in [0.2, 0.25) is 0 Å². The standard InChI is InChI=1S/C11H12BrF3O3/c12-6-5-9(16)10(17)7-1-3-8(4-2-7)18-11(13,14)15/h1-4,9-10,16-17H,5-6H2. The molecular formula is C11H12BrF3O3. The van der Waals surface area contributed by atoms with Gasteiger partial charge >= 0.3 is 6.36 Å². The number of rotatable bonds is 5. The molecule has 0 fully saturated rings. The lowest BCUT2D eigenvalue weighted by atomic mass is 10.0. The average Bonchev–Trinajstić information content (AvgIpc) is 2.27. The summed E-state index contributed by atoms with van der Waals surface area (Å²) in [5.41, 5.74) is 0.331. The maximum absolute atomic E-state index is 11.9. The van der Waals surface area contributed by atoms with Gasteiger partial charge in [0.1, 0.15) is 11.9 Å². The molecule has 1 rings (SSSR count). The van der Waals surface area contributed by atoms with E-state index < -0.39 is 18.6 Å². The van der Waals surface area contributed by atoms with Gasteiger partial charge in [-0.3, -0.25) is 0 Å². The number of alkyl halides is 4. The highest BCUT2D eigenvalue weighted by Gasteiger charge is 2.31. The summed E-state index contributed by atoms with van der Waals surface area (Å²) in [4.78, 5) is 0. The Bertz CT molecular complexity index is 367. The van der Waals surface area contributed by atoms with Crippen molar-refractivity contribution in [2.75, 3.05) is 5.33 Å². The number of aliphatic hydroxyl groups is 2. The Labute approximate surface area is 110 Å². The molecule has 0 aliphatic rings. The number of hydrogen-bond acceptors (Lipinski definition) is 3. The SMILES string of the molecule is OC(CCBr)C(O)c1ccc(OC(F)(F)F)cc1. The molecule has 1 aromatic carbocycles. The fraction of sp³-hybridized carbons (Fsp3) is 0.455. The first-order valence-corrected chi connectivity index (χ1v) is 6.23. The Morgan fingerprint density at radius 1 is 1.17 bits per heavy atom. The minimum Gasteiger partial charge on any atom is -0.406 e. The second-order valence-electron chi connectivity index (χ2n) is 3.61. The number of benzene rings is 1. The molecule has 102 valence electrons. The van der Waals surface area contributed by atoms with Crippen LogP contribution < -0.4 is 4.74 Å². The molecule has 2 N–H and O–H groups in total. The molecule has 0 saturated heterocycles. The van der Waals surface area contributed by atoms with Gasteiger partial charge in [0.05, 0.1) is 6.10 Å². The zero-order chi connectivity index (χ0) is 13.8. The second kappa shape index (κ2) is 6.40. The predicted octanol–water partition coefficient (Wildman–Crippen LogP) is 2.76. The maximum atomic E-state index is 11.9. The quantitative estimate of drug-likeness (QED) is 0.817. The van der Waals surface area contributed by atoms with E-state index in [1.54, 1.807) is 0 Å². The number of ether oxygens (including phenoxy) is 1. The molecule has 0 bridgehead atoms. The highest BCUT2D eigenvalue weighted by atomic mass is 79.9. The highest BCUT2D eigenvalue weighted by molar-refractivity contribution is 9.09. The van der Waals surface area contributed by atoms with Gasteiger partial charge in [-0.1, -0.05) is 28.1 Å². The minimum absolute atomic E-state index is 0.331. The summed E-state index contributed by atoms with van der Waals surface area (Å²) in [5, 5.41) is 19.8. The molecule has 0 spiro atoms. The molecule has 1 aromatic rings. The number of halogens is 4. The van der Waals surface area contributed by atoms with Gasteiger partial charge in [0.25, 0.3) is 0 Å². The molecule has 2 atom stereocenters. The molecule has 0 saturated carbocycles. The van der Waals surface area contributed by atoms with Crippen molar-refractivity contribution in [3.8, 4) is 5.75 Å². The molecule has 7 heteroatoms. The summed E-state index contributed by atoms with van der Waals surface area (Å²) < 4.78 is 39.4. The number of aliphatic hydroxyl groups excluding tert-OH is 2. The summed E-state index contributed by atoms with van der Waals surface area (Å²) in [5.74, 6) is -0.367. The van der Waals surface area contributed by atoms with E-state index >= 15 is 0 Å². The third-order valence-electron chi connectivity index (χ3n) is 2.22. The van der Waals surface area contributed by atoms with E-state index in [-0.39, 0.29) is 5.75 Å². The van der Waals surface area contributed by atoms with E-state index in [0.717, 1.165) is 12.1 Å². The molecule has 0 heterocycles. The van der Waals surface area contributed by atoms with Crippen molar-refractivity contribution in [2.24, 2.45) is 0 Å². The minimum atomic E-state index is -4.74. The second-order valence-corrected chi connectivity index (χ2v) is 4.40. The van der Waals surface area contributed by atoms with Crippen LogP contribution in [0.3, 0.4) is 0 Å². The predicted molar refractivity (Wildman–Crippen MR) is 62.5 cm³/mol. The van der Waals surface area contributed by atoms with Gasteiger partial charge in [-0.05, 0) is 24.1 Å². The monoisotopic (exact) mass is 328 g/mol. The Hall–Kier alpha value is -0.790. The fourth-order valence-corrected chi connectivity index (χ4v) is 1.83. The summed E-state index contributed by atoms with van der Waals surface area (Å²) in [6.07, 6.45) is -6.52. The Morgan fingerprint density at radius 2 is 1.72 bits per heavy atom. The zero-order valence-corrected chi connectivity index (χ0v) is 10.8. The lowest BCUT2D eigenvalue weighted by Gasteiger charge is -2.17. The summed E-state index contributed by atoms with van der Waals surface area (Å²) in [6.45, 7) is 0. The van der Waals surface area contributed by atoms with Crippen LogP contribution in [-0.4, -0.2) is 28.0 Å². The lowest BCUT2D eigenvalue weighted by Crippen LogP contribution is -2.19. The third-order valence-corrected chi connectivity index (χ3v) is 2.68. The molecule has 0 radical (unpaired) electrons. The van der Waals surface area contributed by atoms with Crippen LogP contribution in [0.4, 0.5) is 13.2 Å². The van der Waals surface area contributed by atoms with Crippen LogP contribution in [-0.2, 0) is 0 Å². The van der Waals surface area contributed by atoms with Crippen molar-refractivity contribution >= 4 is 15.9 Å². The van der Waals surface area contributed by atoms with Gasteiger partial charge in [0.15, 0.2) is 0 Å². The van der Waals surface area contributed by atoms with Crippen molar-refractivity contribution in [1.82, 2.24) is 0 Å². The van der Waals surface area contributed by atoms with Crippen LogP contribution in [0.15, 0.2) is 24.3 Å². The normalized spacial score (nSPS) is 15.2. The fourth-order valence-electron chi connectivity index (χ4n) is 1.36. The van der Waals surface area contributed by atoms with Crippen molar-refractivity contribution < 1.29 is 28.1 Å². The van der Waals surface area contributed by atoms with E-state index in [9.17, 15) is 23.4 Å². The maximum Gasteiger partial charge on any atom is 0.573 e. The molecule has 0 aliphatic heterocycles. The highest BCUT2D eigenvalue weighted by Crippen LogP contribution is 2.26. The van der Waals surface area contributed by atoms with E-state index in [0.29, 0.717) is 17.3 Å². The largest absolute Gasteiger partial charge is 0.573 e. The van der Waals surface area contributed by atoms with Gasteiger partial charge < -0.3 is 14.9 Å². The Morgan fingerprint density at radius 3 is 2.17 bits per heavy atom. The smallest absolute Gasteiger partial charge is 0.406 e. The number of hydrogen-bond donors (Lipinski definition) is 2. The van der Waals surface area contributed by atoms with Gasteiger partial charge in [-0.2, -0.15) is 0 Å². The molecule has 2 unspecified atom stereocenters. The van der Waals surface area contributed by atoms with Crippen LogP contribution in [0.1, 0.15) is 18.1 Å². The molecule has 0 aliphatic carbocycles. The average molecular weight is 329 g/mol. The molecule has 0 aromatic heterocycles. The Kier molecular flexibility index (Phi) is 5.43. The van der Waals surface area contributed by atoms with E-state index in [4.69, 9.17) is 0 Å². The Balaban J connectivity index is 2.70. The van der Waals surface area contributed by atoms with Gasteiger partial charge in [0, 0.05) is 5.33 Å². The van der Waals surface area contributed by atoms with Gasteiger partial charge in [-0.25, -0.2) is 0 Å². The summed E-state index contributed by atoms with van der Waals surface area (Å²) in [7, 11) is 0. The first kappa shape index (κ1) is 15.3. The third kappa shape index (κ3) is 4.83. The van der Waals surface area contributed by atoms with Crippen molar-refractivity contribution in [3.63, 3.8) is 0 Å². The lowest BCUT2D eigenvalue weighted by molar-refractivity contribution is -0.274. The van der Waals surface area contributed by atoms with Gasteiger partial charge in [0.2, 0.25) is 0 Å². The first-order chi connectivity index (χ1) is 8.33. The first-order valence-electron chi connectivity index (χ1n) is 5.11.